The molecule has 82 valence electrons. The minimum absolute atomic E-state index is 0.145. The van der Waals surface area contributed by atoms with Crippen LogP contribution in [-0.2, 0) is 14.5 Å². The van der Waals surface area contributed by atoms with Crippen LogP contribution in [0.1, 0.15) is 13.3 Å². The van der Waals surface area contributed by atoms with Crippen LogP contribution in [0.15, 0.2) is 35.2 Å². The van der Waals surface area contributed by atoms with Gasteiger partial charge in [0.15, 0.2) is 0 Å². The van der Waals surface area contributed by atoms with Gasteiger partial charge in [0.2, 0.25) is 0 Å². The van der Waals surface area contributed by atoms with Crippen LogP contribution in [-0.4, -0.2) is 20.1 Å². The lowest BCUT2D eigenvalue weighted by Gasteiger charge is -2.08. The van der Waals surface area contributed by atoms with Crippen LogP contribution in [0, 0.1) is 0 Å². The SMILES string of the molecule is CCC(C(=O)O)=S(N)(=O)c1ccccc1. The van der Waals surface area contributed by atoms with E-state index >= 15 is 0 Å². The van der Waals surface area contributed by atoms with E-state index < -0.39 is 15.7 Å². The van der Waals surface area contributed by atoms with E-state index in [1.54, 1.807) is 37.3 Å². The van der Waals surface area contributed by atoms with Crippen molar-refractivity contribution in [2.24, 2.45) is 5.14 Å². The van der Waals surface area contributed by atoms with Crippen molar-refractivity contribution in [2.75, 3.05) is 0 Å². The molecule has 0 saturated heterocycles. The number of aliphatic carboxylic acids is 1. The fraction of sp³-hybridized carbons (Fsp3) is 0.200. The molecule has 0 amide bonds. The Kier molecular flexibility index (Phi) is 3.49. The Morgan fingerprint density at radius 3 is 2.33 bits per heavy atom. The molecule has 0 aliphatic rings. The first-order valence-corrected chi connectivity index (χ1v) is 6.08. The maximum atomic E-state index is 12.1. The normalized spacial score (nSPS) is 14.3. The van der Waals surface area contributed by atoms with Crippen LogP contribution in [0.2, 0.25) is 0 Å². The second-order valence-electron chi connectivity index (χ2n) is 3.00. The molecule has 0 spiro atoms. The molecule has 0 radical (unpaired) electrons. The van der Waals surface area contributed by atoms with Crippen LogP contribution in [0.4, 0.5) is 0 Å². The summed E-state index contributed by atoms with van der Waals surface area (Å²) in [7, 11) is -3.08. The number of hydrogen-bond donors (Lipinski definition) is 2. The lowest BCUT2D eigenvalue weighted by Crippen LogP contribution is -2.28. The van der Waals surface area contributed by atoms with Gasteiger partial charge < -0.3 is 5.11 Å². The number of carboxylic acid groups (broad SMARTS) is 1. The van der Waals surface area contributed by atoms with Gasteiger partial charge in [0, 0.05) is 4.90 Å². The third-order valence-corrected chi connectivity index (χ3v) is 4.19. The van der Waals surface area contributed by atoms with Gasteiger partial charge in [-0.05, 0) is 18.6 Å². The molecule has 0 bridgehead atoms. The van der Waals surface area contributed by atoms with Gasteiger partial charge in [0.05, 0.1) is 9.71 Å². The fourth-order valence-electron chi connectivity index (χ4n) is 1.26. The summed E-state index contributed by atoms with van der Waals surface area (Å²) in [5, 5.41) is 14.5. The van der Waals surface area contributed by atoms with Crippen molar-refractivity contribution >= 4 is 20.5 Å². The predicted octanol–water partition coefficient (Wildman–Crippen LogP) is 0.871. The highest BCUT2D eigenvalue weighted by Crippen LogP contribution is 2.09. The van der Waals surface area contributed by atoms with Crippen molar-refractivity contribution in [3.05, 3.63) is 30.3 Å². The highest BCUT2D eigenvalue weighted by Gasteiger charge is 2.17. The Labute approximate surface area is 88.9 Å². The van der Waals surface area contributed by atoms with Crippen molar-refractivity contribution in [1.82, 2.24) is 0 Å². The molecule has 0 fully saturated rings. The van der Waals surface area contributed by atoms with E-state index in [1.807, 2.05) is 0 Å². The van der Waals surface area contributed by atoms with E-state index in [2.05, 4.69) is 0 Å². The molecular formula is C10H13NO3S. The summed E-state index contributed by atoms with van der Waals surface area (Å²) >= 11 is 0. The van der Waals surface area contributed by atoms with Crippen molar-refractivity contribution < 1.29 is 14.1 Å². The summed E-state index contributed by atoms with van der Waals surface area (Å²) in [5.74, 6) is -1.20. The lowest BCUT2D eigenvalue weighted by atomic mass is 10.3. The van der Waals surface area contributed by atoms with Gasteiger partial charge in [-0.3, -0.25) is 5.14 Å². The molecule has 1 aromatic rings. The first kappa shape index (κ1) is 11.7. The van der Waals surface area contributed by atoms with Gasteiger partial charge in [-0.25, -0.2) is 9.00 Å². The molecule has 1 rings (SSSR count). The molecule has 5 heteroatoms. The number of nitrogens with two attached hydrogens (primary N) is 1. The zero-order chi connectivity index (χ0) is 11.5. The Hall–Kier alpha value is -1.33. The van der Waals surface area contributed by atoms with Gasteiger partial charge in [-0.2, -0.15) is 0 Å². The Bertz CT molecular complexity index is 473. The van der Waals surface area contributed by atoms with Crippen molar-refractivity contribution in [3.8, 4) is 0 Å². The molecule has 1 aromatic carbocycles. The highest BCUT2D eigenvalue weighted by atomic mass is 32.2. The van der Waals surface area contributed by atoms with Crippen LogP contribution >= 0.6 is 0 Å². The van der Waals surface area contributed by atoms with Crippen LogP contribution in [0.3, 0.4) is 0 Å². The van der Waals surface area contributed by atoms with E-state index in [0.717, 1.165) is 0 Å². The molecule has 3 N–H and O–H groups in total. The fourth-order valence-corrected chi connectivity index (χ4v) is 2.79. The maximum Gasteiger partial charge on any atom is 0.341 e. The number of benzene rings is 1. The Morgan fingerprint density at radius 1 is 1.40 bits per heavy atom. The maximum absolute atomic E-state index is 12.1. The molecule has 0 aliphatic carbocycles. The topological polar surface area (TPSA) is 80.4 Å². The number of carbonyl (C=O) groups is 1. The first-order valence-electron chi connectivity index (χ1n) is 4.46. The average Bonchev–Trinajstić information content (AvgIpc) is 2.19. The second-order valence-corrected chi connectivity index (χ2v) is 5.16. The van der Waals surface area contributed by atoms with E-state index in [0.29, 0.717) is 4.90 Å². The minimum atomic E-state index is -3.08. The van der Waals surface area contributed by atoms with E-state index in [4.69, 9.17) is 10.2 Å². The molecule has 1 atom stereocenters. The Morgan fingerprint density at radius 2 is 1.93 bits per heavy atom. The molecule has 15 heavy (non-hydrogen) atoms. The number of carboxylic acids is 1. The number of rotatable bonds is 3. The van der Waals surface area contributed by atoms with Crippen LogP contribution in [0.25, 0.3) is 0 Å². The van der Waals surface area contributed by atoms with Gasteiger partial charge in [0.1, 0.15) is 4.86 Å². The molecule has 1 unspecified atom stereocenters. The molecule has 0 saturated carbocycles. The summed E-state index contributed by atoms with van der Waals surface area (Å²) in [6.07, 6.45) is 0.166. The molecule has 4 nitrogen and oxygen atoms in total. The van der Waals surface area contributed by atoms with E-state index in [-0.39, 0.29) is 11.3 Å². The standard InChI is InChI=1S/C10H13NO3S/c1-2-9(10(12)13)15(11,14)8-6-4-3-5-7-8/h3-7H,2H2,1H3,(H2,11,14)(H,12,13). The summed E-state index contributed by atoms with van der Waals surface area (Å²) < 4.78 is 12.1. The zero-order valence-electron chi connectivity index (χ0n) is 8.34. The lowest BCUT2D eigenvalue weighted by molar-refractivity contribution is -0.129. The molecule has 0 aromatic heterocycles. The van der Waals surface area contributed by atoms with Crippen molar-refractivity contribution in [1.29, 1.82) is 0 Å². The second kappa shape index (κ2) is 4.46. The summed E-state index contributed by atoms with van der Waals surface area (Å²) in [6, 6.07) is 8.25. The first-order chi connectivity index (χ1) is 7.00. The van der Waals surface area contributed by atoms with Gasteiger partial charge in [-0.1, -0.05) is 25.1 Å². The van der Waals surface area contributed by atoms with E-state index in [9.17, 15) is 9.00 Å². The number of hydrogen-bond acceptors (Lipinski definition) is 2. The third kappa shape index (κ3) is 2.37. The van der Waals surface area contributed by atoms with Gasteiger partial charge >= 0.3 is 5.97 Å². The van der Waals surface area contributed by atoms with Gasteiger partial charge in [0.25, 0.3) is 0 Å². The van der Waals surface area contributed by atoms with Crippen LogP contribution < -0.4 is 5.14 Å². The summed E-state index contributed by atoms with van der Waals surface area (Å²) in [5.41, 5.74) is 0. The Balaban J connectivity index is 3.47. The summed E-state index contributed by atoms with van der Waals surface area (Å²) in [6.45, 7) is 1.62. The van der Waals surface area contributed by atoms with E-state index in [1.165, 1.54) is 0 Å². The predicted molar refractivity (Wildman–Crippen MR) is 60.0 cm³/mol. The molecule has 0 aliphatic heterocycles. The monoisotopic (exact) mass is 227 g/mol. The molecular weight excluding hydrogens is 214 g/mol. The highest BCUT2D eigenvalue weighted by molar-refractivity contribution is 8.01. The average molecular weight is 227 g/mol. The van der Waals surface area contributed by atoms with Crippen molar-refractivity contribution in [3.63, 3.8) is 0 Å². The zero-order valence-corrected chi connectivity index (χ0v) is 9.16. The quantitative estimate of drug-likeness (QED) is 0.752. The largest absolute Gasteiger partial charge is 0.477 e. The third-order valence-electron chi connectivity index (χ3n) is 2.02. The van der Waals surface area contributed by atoms with Crippen LogP contribution in [0.5, 0.6) is 0 Å². The molecule has 0 heterocycles. The summed E-state index contributed by atoms with van der Waals surface area (Å²) in [4.78, 5) is 11.1. The van der Waals surface area contributed by atoms with Gasteiger partial charge in [-0.15, -0.1) is 0 Å². The van der Waals surface area contributed by atoms with Crippen molar-refractivity contribution in [2.45, 2.75) is 18.2 Å². The smallest absolute Gasteiger partial charge is 0.341 e. The minimum Gasteiger partial charge on any atom is -0.477 e.